The van der Waals surface area contributed by atoms with Gasteiger partial charge in [-0.05, 0) is 50.1 Å². The van der Waals surface area contributed by atoms with Gasteiger partial charge >= 0.3 is 0 Å². The van der Waals surface area contributed by atoms with E-state index in [1.165, 1.54) is 22.9 Å². The van der Waals surface area contributed by atoms with Crippen molar-refractivity contribution in [2.24, 2.45) is 0 Å². The molecule has 0 aliphatic carbocycles. The van der Waals surface area contributed by atoms with Gasteiger partial charge in [0.1, 0.15) is 11.0 Å². The van der Waals surface area contributed by atoms with E-state index in [-0.39, 0.29) is 11.7 Å². The molecule has 120 valence electrons. The maximum absolute atomic E-state index is 13.0. The number of hydrogen-bond acceptors (Lipinski definition) is 2. The third-order valence-corrected chi connectivity index (χ3v) is 4.29. The number of likely N-dealkylation sites (tertiary alicyclic amines) is 1. The number of amides is 1. The minimum absolute atomic E-state index is 0.00695. The van der Waals surface area contributed by atoms with Gasteiger partial charge in [0.25, 0.3) is 0 Å². The van der Waals surface area contributed by atoms with Gasteiger partial charge in [-0.1, -0.05) is 11.6 Å². The van der Waals surface area contributed by atoms with E-state index in [1.54, 1.807) is 18.2 Å². The molecule has 1 aliphatic rings. The van der Waals surface area contributed by atoms with E-state index >= 15 is 0 Å². The van der Waals surface area contributed by atoms with Gasteiger partial charge in [0.2, 0.25) is 5.91 Å². The quantitative estimate of drug-likeness (QED) is 0.805. The SMILES string of the molecule is Cc1nn(-c2ccc(F)cc2)c(Cl)c1/C=C/C(=O)N1CCCC1. The Balaban J connectivity index is 1.85. The second kappa shape index (κ2) is 6.54. The number of aromatic nitrogens is 2. The molecule has 0 N–H and O–H groups in total. The van der Waals surface area contributed by atoms with Crippen molar-refractivity contribution in [2.45, 2.75) is 19.8 Å². The first-order valence-corrected chi connectivity index (χ1v) is 7.92. The Morgan fingerprint density at radius 3 is 2.57 bits per heavy atom. The average Bonchev–Trinajstić information content (AvgIpc) is 3.16. The highest BCUT2D eigenvalue weighted by Gasteiger charge is 2.17. The van der Waals surface area contributed by atoms with Crippen molar-refractivity contribution in [3.05, 3.63) is 52.6 Å². The number of rotatable bonds is 3. The van der Waals surface area contributed by atoms with Gasteiger partial charge < -0.3 is 4.90 Å². The Kier molecular flexibility index (Phi) is 4.48. The minimum atomic E-state index is -0.315. The lowest BCUT2D eigenvalue weighted by atomic mass is 10.2. The number of hydrogen-bond donors (Lipinski definition) is 0. The third-order valence-electron chi connectivity index (χ3n) is 3.93. The second-order valence-electron chi connectivity index (χ2n) is 5.54. The van der Waals surface area contributed by atoms with E-state index in [1.807, 2.05) is 11.8 Å². The average molecular weight is 334 g/mol. The first kappa shape index (κ1) is 15.7. The van der Waals surface area contributed by atoms with E-state index in [4.69, 9.17) is 11.6 Å². The van der Waals surface area contributed by atoms with Crippen molar-refractivity contribution in [2.75, 3.05) is 13.1 Å². The summed E-state index contributed by atoms with van der Waals surface area (Å²) in [6.45, 7) is 3.45. The van der Waals surface area contributed by atoms with Crippen LogP contribution in [0.5, 0.6) is 0 Å². The fourth-order valence-corrected chi connectivity index (χ4v) is 2.99. The van der Waals surface area contributed by atoms with Crippen molar-refractivity contribution in [1.29, 1.82) is 0 Å². The van der Waals surface area contributed by atoms with Crippen molar-refractivity contribution in [1.82, 2.24) is 14.7 Å². The second-order valence-corrected chi connectivity index (χ2v) is 5.90. The van der Waals surface area contributed by atoms with Gasteiger partial charge in [0.15, 0.2) is 0 Å². The highest BCUT2D eigenvalue weighted by Crippen LogP contribution is 2.25. The highest BCUT2D eigenvalue weighted by atomic mass is 35.5. The summed E-state index contributed by atoms with van der Waals surface area (Å²) in [5.74, 6) is -0.322. The van der Waals surface area contributed by atoms with Crippen molar-refractivity contribution < 1.29 is 9.18 Å². The topological polar surface area (TPSA) is 38.1 Å². The zero-order valence-corrected chi connectivity index (χ0v) is 13.6. The molecule has 0 atom stereocenters. The molecule has 1 aromatic carbocycles. The smallest absolute Gasteiger partial charge is 0.246 e. The van der Waals surface area contributed by atoms with Crippen LogP contribution in [0.2, 0.25) is 5.15 Å². The predicted molar refractivity (Wildman–Crippen MR) is 88.1 cm³/mol. The van der Waals surface area contributed by atoms with Crippen molar-refractivity contribution >= 4 is 23.6 Å². The standard InChI is InChI=1S/C17H17ClFN3O/c1-12-15(8-9-16(23)21-10-2-3-11-21)17(18)22(20-12)14-6-4-13(19)5-7-14/h4-9H,2-3,10-11H2,1H3/b9-8+. The number of carbonyl (C=O) groups excluding carboxylic acids is 1. The van der Waals surface area contributed by atoms with Gasteiger partial charge in [0.05, 0.1) is 11.4 Å². The Labute approximate surface area is 139 Å². The van der Waals surface area contributed by atoms with E-state index in [0.29, 0.717) is 22.1 Å². The number of benzene rings is 1. The van der Waals surface area contributed by atoms with Gasteiger partial charge in [0, 0.05) is 24.7 Å². The maximum Gasteiger partial charge on any atom is 0.246 e. The molecule has 1 saturated heterocycles. The number of carbonyl (C=O) groups is 1. The van der Waals surface area contributed by atoms with Gasteiger partial charge in [-0.3, -0.25) is 4.79 Å². The summed E-state index contributed by atoms with van der Waals surface area (Å²) in [5.41, 5.74) is 2.08. The van der Waals surface area contributed by atoms with E-state index in [2.05, 4.69) is 5.10 Å². The van der Waals surface area contributed by atoms with Crippen molar-refractivity contribution in [3.63, 3.8) is 0 Å². The van der Waals surface area contributed by atoms with Crippen LogP contribution in [0, 0.1) is 12.7 Å². The molecule has 0 spiro atoms. The lowest BCUT2D eigenvalue weighted by Gasteiger charge is -2.11. The molecule has 2 heterocycles. The molecule has 0 radical (unpaired) electrons. The molecule has 6 heteroatoms. The zero-order valence-electron chi connectivity index (χ0n) is 12.8. The number of halogens is 2. The first-order chi connectivity index (χ1) is 11.1. The summed E-state index contributed by atoms with van der Waals surface area (Å²) in [6.07, 6.45) is 5.35. The van der Waals surface area contributed by atoms with E-state index in [9.17, 15) is 9.18 Å². The molecule has 0 unspecified atom stereocenters. The summed E-state index contributed by atoms with van der Waals surface area (Å²) in [6, 6.07) is 5.93. The molecule has 1 amide bonds. The monoisotopic (exact) mass is 333 g/mol. The molecule has 0 saturated carbocycles. The molecule has 1 aliphatic heterocycles. The number of nitrogens with zero attached hydrogens (tertiary/aromatic N) is 3. The van der Waals surface area contributed by atoms with Crippen LogP contribution >= 0.6 is 11.6 Å². The molecule has 4 nitrogen and oxygen atoms in total. The zero-order chi connectivity index (χ0) is 16.4. The molecule has 0 bridgehead atoms. The summed E-state index contributed by atoms with van der Waals surface area (Å²) < 4.78 is 14.6. The molecular formula is C17H17ClFN3O. The Hall–Kier alpha value is -2.14. The fourth-order valence-electron chi connectivity index (χ4n) is 2.65. The normalized spacial score (nSPS) is 14.8. The van der Waals surface area contributed by atoms with Gasteiger partial charge in [-0.2, -0.15) is 5.10 Å². The van der Waals surface area contributed by atoms with Crippen LogP contribution in [-0.4, -0.2) is 33.7 Å². The highest BCUT2D eigenvalue weighted by molar-refractivity contribution is 6.31. The largest absolute Gasteiger partial charge is 0.339 e. The predicted octanol–water partition coefficient (Wildman–Crippen LogP) is 3.61. The summed E-state index contributed by atoms with van der Waals surface area (Å²) in [4.78, 5) is 13.9. The van der Waals surface area contributed by atoms with Crippen LogP contribution < -0.4 is 0 Å². The van der Waals surface area contributed by atoms with E-state index < -0.39 is 0 Å². The van der Waals surface area contributed by atoms with Crippen molar-refractivity contribution in [3.8, 4) is 5.69 Å². The Morgan fingerprint density at radius 1 is 1.26 bits per heavy atom. The van der Waals surface area contributed by atoms with E-state index in [0.717, 1.165) is 25.9 Å². The van der Waals surface area contributed by atoms with Crippen LogP contribution in [0.25, 0.3) is 11.8 Å². The maximum atomic E-state index is 13.0. The van der Waals surface area contributed by atoms with Crippen LogP contribution in [0.3, 0.4) is 0 Å². The lowest BCUT2D eigenvalue weighted by Crippen LogP contribution is -2.25. The fraction of sp³-hybridized carbons (Fsp3) is 0.294. The van der Waals surface area contributed by atoms with Crippen LogP contribution in [0.15, 0.2) is 30.3 Å². The molecule has 1 aromatic heterocycles. The third kappa shape index (κ3) is 3.29. The summed E-state index contributed by atoms with van der Waals surface area (Å²) in [7, 11) is 0. The minimum Gasteiger partial charge on any atom is -0.339 e. The molecule has 23 heavy (non-hydrogen) atoms. The summed E-state index contributed by atoms with van der Waals surface area (Å²) >= 11 is 6.38. The lowest BCUT2D eigenvalue weighted by molar-refractivity contribution is -0.124. The van der Waals surface area contributed by atoms with Crippen LogP contribution in [0.4, 0.5) is 4.39 Å². The first-order valence-electron chi connectivity index (χ1n) is 7.54. The Bertz CT molecular complexity index is 746. The molecule has 2 aromatic rings. The van der Waals surface area contributed by atoms with Crippen LogP contribution in [0.1, 0.15) is 24.1 Å². The molecule has 1 fully saturated rings. The van der Waals surface area contributed by atoms with Crippen LogP contribution in [-0.2, 0) is 4.79 Å². The number of aryl methyl sites for hydroxylation is 1. The molecular weight excluding hydrogens is 317 g/mol. The summed E-state index contributed by atoms with van der Waals surface area (Å²) in [5, 5.41) is 4.77. The van der Waals surface area contributed by atoms with Gasteiger partial charge in [-0.15, -0.1) is 0 Å². The Morgan fingerprint density at radius 2 is 1.91 bits per heavy atom. The van der Waals surface area contributed by atoms with Gasteiger partial charge in [-0.25, -0.2) is 9.07 Å². The molecule has 3 rings (SSSR count).